The second-order valence-electron chi connectivity index (χ2n) is 7.17. The number of hydrogen-bond donors (Lipinski definition) is 1. The second-order valence-corrected chi connectivity index (χ2v) is 7.17. The third-order valence-electron chi connectivity index (χ3n) is 5.38. The van der Waals surface area contributed by atoms with Crippen molar-refractivity contribution in [2.45, 2.75) is 25.2 Å². The van der Waals surface area contributed by atoms with E-state index in [9.17, 15) is 4.79 Å². The van der Waals surface area contributed by atoms with Crippen LogP contribution in [-0.2, 0) is 4.79 Å². The van der Waals surface area contributed by atoms with E-state index in [0.29, 0.717) is 18.1 Å². The van der Waals surface area contributed by atoms with Gasteiger partial charge in [-0.2, -0.15) is 4.98 Å². The summed E-state index contributed by atoms with van der Waals surface area (Å²) >= 11 is 0. The molecular weight excluding hydrogens is 344 g/mol. The minimum Gasteiger partial charge on any atom is -0.340 e. The minimum atomic E-state index is 0.274. The number of amides is 1. The topological polar surface area (TPSA) is 87.4 Å². The second kappa shape index (κ2) is 8.58. The summed E-state index contributed by atoms with van der Waals surface area (Å²) in [6.07, 6.45) is 4.29. The molecule has 2 aromatic rings. The van der Waals surface area contributed by atoms with E-state index in [4.69, 9.17) is 4.52 Å². The molecule has 0 aliphatic carbocycles. The lowest BCUT2D eigenvalue weighted by atomic mass is 9.96. The van der Waals surface area contributed by atoms with Crippen molar-refractivity contribution in [2.75, 3.05) is 45.8 Å². The maximum atomic E-state index is 12.3. The van der Waals surface area contributed by atoms with Crippen LogP contribution in [0.2, 0.25) is 0 Å². The molecule has 8 heteroatoms. The first-order chi connectivity index (χ1) is 13.3. The van der Waals surface area contributed by atoms with Crippen molar-refractivity contribution in [3.8, 4) is 11.5 Å². The Morgan fingerprint density at radius 1 is 1.19 bits per heavy atom. The molecule has 4 rings (SSSR count). The molecule has 0 saturated carbocycles. The number of piperazine rings is 1. The Hall–Kier alpha value is -2.32. The number of nitrogens with one attached hydrogen (secondary N) is 1. The van der Waals surface area contributed by atoms with Crippen LogP contribution in [0.4, 0.5) is 0 Å². The standard InChI is InChI=1S/C19H26N6O2/c26-17(25-13-8-20-9-14-25)6-12-24-10-4-15(5-11-24)19-22-18(23-27-19)16-3-1-2-7-21-16/h1-3,7,15,20H,4-6,8-14H2. The monoisotopic (exact) mass is 370 g/mol. The average Bonchev–Trinajstić information content (AvgIpc) is 3.24. The zero-order valence-corrected chi connectivity index (χ0v) is 15.5. The van der Waals surface area contributed by atoms with Crippen LogP contribution in [0.25, 0.3) is 11.5 Å². The Labute approximate surface area is 158 Å². The van der Waals surface area contributed by atoms with Gasteiger partial charge in [-0.1, -0.05) is 11.2 Å². The van der Waals surface area contributed by atoms with Gasteiger partial charge in [-0.15, -0.1) is 0 Å². The SMILES string of the molecule is O=C(CCN1CCC(c2nc(-c3ccccn3)no2)CC1)N1CCNCC1. The van der Waals surface area contributed by atoms with E-state index < -0.39 is 0 Å². The number of nitrogens with zero attached hydrogens (tertiary/aromatic N) is 5. The van der Waals surface area contributed by atoms with E-state index in [1.165, 1.54) is 0 Å². The van der Waals surface area contributed by atoms with Crippen LogP contribution in [0, 0.1) is 0 Å². The molecule has 0 spiro atoms. The Morgan fingerprint density at radius 2 is 2.00 bits per heavy atom. The van der Waals surface area contributed by atoms with Crippen LogP contribution in [0.1, 0.15) is 31.1 Å². The molecule has 2 aliphatic heterocycles. The fourth-order valence-corrected chi connectivity index (χ4v) is 3.73. The molecule has 0 radical (unpaired) electrons. The summed E-state index contributed by atoms with van der Waals surface area (Å²) in [5, 5.41) is 7.35. The van der Waals surface area contributed by atoms with Crippen molar-refractivity contribution >= 4 is 5.91 Å². The van der Waals surface area contributed by atoms with E-state index >= 15 is 0 Å². The summed E-state index contributed by atoms with van der Waals surface area (Å²) in [4.78, 5) is 25.4. The van der Waals surface area contributed by atoms with Gasteiger partial charge in [0.15, 0.2) is 0 Å². The quantitative estimate of drug-likeness (QED) is 0.844. The summed E-state index contributed by atoms with van der Waals surface area (Å²) < 4.78 is 5.48. The highest BCUT2D eigenvalue weighted by Crippen LogP contribution is 2.28. The zero-order chi connectivity index (χ0) is 18.5. The highest BCUT2D eigenvalue weighted by atomic mass is 16.5. The van der Waals surface area contributed by atoms with Gasteiger partial charge in [0.25, 0.3) is 0 Å². The molecule has 27 heavy (non-hydrogen) atoms. The summed E-state index contributed by atoms with van der Waals surface area (Å²) in [6.45, 7) is 6.22. The Balaban J connectivity index is 1.24. The van der Waals surface area contributed by atoms with Gasteiger partial charge in [0.1, 0.15) is 5.69 Å². The molecule has 1 amide bonds. The van der Waals surface area contributed by atoms with Crippen molar-refractivity contribution in [3.63, 3.8) is 0 Å². The van der Waals surface area contributed by atoms with E-state index in [1.54, 1.807) is 6.20 Å². The van der Waals surface area contributed by atoms with E-state index in [-0.39, 0.29) is 11.8 Å². The number of rotatable bonds is 5. The van der Waals surface area contributed by atoms with Crippen LogP contribution in [0.3, 0.4) is 0 Å². The van der Waals surface area contributed by atoms with Crippen molar-refractivity contribution < 1.29 is 9.32 Å². The summed E-state index contributed by atoms with van der Waals surface area (Å²) in [5.74, 6) is 1.81. The molecule has 144 valence electrons. The van der Waals surface area contributed by atoms with E-state index in [0.717, 1.165) is 64.3 Å². The minimum absolute atomic E-state index is 0.274. The van der Waals surface area contributed by atoms with Gasteiger partial charge in [-0.3, -0.25) is 9.78 Å². The van der Waals surface area contributed by atoms with Crippen LogP contribution in [-0.4, -0.2) is 76.6 Å². The first-order valence-electron chi connectivity index (χ1n) is 9.75. The van der Waals surface area contributed by atoms with Gasteiger partial charge in [0.2, 0.25) is 17.6 Å². The number of likely N-dealkylation sites (tertiary alicyclic amines) is 1. The van der Waals surface area contributed by atoms with Crippen molar-refractivity contribution in [2.24, 2.45) is 0 Å². The fourth-order valence-electron chi connectivity index (χ4n) is 3.73. The molecule has 4 heterocycles. The molecule has 0 aromatic carbocycles. The summed E-state index contributed by atoms with van der Waals surface area (Å²) in [7, 11) is 0. The number of aromatic nitrogens is 3. The molecule has 0 unspecified atom stereocenters. The third kappa shape index (κ3) is 4.51. The van der Waals surface area contributed by atoms with E-state index in [1.807, 2.05) is 23.1 Å². The van der Waals surface area contributed by atoms with Crippen LogP contribution >= 0.6 is 0 Å². The Bertz CT molecular complexity index is 736. The lowest BCUT2D eigenvalue weighted by Crippen LogP contribution is -2.47. The lowest BCUT2D eigenvalue weighted by Gasteiger charge is -2.32. The first-order valence-corrected chi connectivity index (χ1v) is 9.75. The third-order valence-corrected chi connectivity index (χ3v) is 5.38. The van der Waals surface area contributed by atoms with Crippen LogP contribution in [0.15, 0.2) is 28.9 Å². The highest BCUT2D eigenvalue weighted by Gasteiger charge is 2.26. The van der Waals surface area contributed by atoms with Crippen LogP contribution in [0.5, 0.6) is 0 Å². The van der Waals surface area contributed by atoms with Crippen molar-refractivity contribution in [1.82, 2.24) is 30.2 Å². The molecule has 0 bridgehead atoms. The zero-order valence-electron chi connectivity index (χ0n) is 15.5. The number of piperidine rings is 1. The smallest absolute Gasteiger partial charge is 0.230 e. The molecule has 2 aliphatic rings. The molecule has 2 aromatic heterocycles. The van der Waals surface area contributed by atoms with Gasteiger partial charge in [-0.05, 0) is 38.1 Å². The van der Waals surface area contributed by atoms with Gasteiger partial charge in [0.05, 0.1) is 0 Å². The highest BCUT2D eigenvalue weighted by molar-refractivity contribution is 5.76. The van der Waals surface area contributed by atoms with Gasteiger partial charge >= 0.3 is 0 Å². The van der Waals surface area contributed by atoms with Gasteiger partial charge < -0.3 is 19.6 Å². The Morgan fingerprint density at radius 3 is 2.74 bits per heavy atom. The molecule has 2 saturated heterocycles. The Kier molecular flexibility index (Phi) is 5.74. The molecule has 1 N–H and O–H groups in total. The largest absolute Gasteiger partial charge is 0.340 e. The normalized spacial score (nSPS) is 19.3. The summed E-state index contributed by atoms with van der Waals surface area (Å²) in [6, 6.07) is 5.67. The molecule has 2 fully saturated rings. The van der Waals surface area contributed by atoms with Crippen LogP contribution < -0.4 is 5.32 Å². The maximum absolute atomic E-state index is 12.3. The maximum Gasteiger partial charge on any atom is 0.230 e. The number of hydrogen-bond acceptors (Lipinski definition) is 7. The number of pyridine rings is 1. The number of carbonyl (C=O) groups excluding carboxylic acids is 1. The summed E-state index contributed by atoms with van der Waals surface area (Å²) in [5.41, 5.74) is 0.733. The molecular formula is C19H26N6O2. The van der Waals surface area contributed by atoms with Gasteiger partial charge in [0, 0.05) is 51.3 Å². The van der Waals surface area contributed by atoms with Crippen molar-refractivity contribution in [1.29, 1.82) is 0 Å². The first kappa shape index (κ1) is 18.1. The lowest BCUT2D eigenvalue weighted by molar-refractivity contribution is -0.132. The van der Waals surface area contributed by atoms with Gasteiger partial charge in [-0.25, -0.2) is 0 Å². The average molecular weight is 370 g/mol. The molecule has 8 nitrogen and oxygen atoms in total. The van der Waals surface area contributed by atoms with E-state index in [2.05, 4.69) is 25.3 Å². The molecule has 0 atom stereocenters. The predicted octanol–water partition coefficient (Wildman–Crippen LogP) is 1.13. The predicted molar refractivity (Wildman–Crippen MR) is 100 cm³/mol. The number of carbonyl (C=O) groups is 1. The van der Waals surface area contributed by atoms with Crippen molar-refractivity contribution in [3.05, 3.63) is 30.3 Å². The fraction of sp³-hybridized carbons (Fsp3) is 0.579.